The van der Waals surface area contributed by atoms with E-state index in [9.17, 15) is 4.79 Å². The molecule has 2 unspecified atom stereocenters. The summed E-state index contributed by atoms with van der Waals surface area (Å²) in [4.78, 5) is 13.6. The topological polar surface area (TPSA) is 57.2 Å². The molecular formula is C30H43N2O5+. The van der Waals surface area contributed by atoms with Crippen LogP contribution in [0.5, 0.6) is 17.2 Å². The molecule has 0 aromatic heterocycles. The van der Waals surface area contributed by atoms with Crippen molar-refractivity contribution in [1.29, 1.82) is 0 Å². The maximum Gasteiger partial charge on any atom is 0.174 e. The Balaban J connectivity index is 0.000000488. The number of nitrogens with zero attached hydrogens (tertiary/aromatic N) is 2. The molecule has 1 fully saturated rings. The minimum Gasteiger partial charge on any atom is -0.497 e. The molecule has 0 amide bonds. The number of rotatable bonds is 5. The molecular weight excluding hydrogens is 468 g/mol. The number of methoxy groups -OCH3 is 4. The normalized spacial score (nSPS) is 19.8. The van der Waals surface area contributed by atoms with Crippen LogP contribution in [-0.2, 0) is 22.5 Å². The van der Waals surface area contributed by atoms with E-state index < -0.39 is 0 Å². The fraction of sp³-hybridized carbons (Fsp3) is 0.500. The minimum absolute atomic E-state index is 0.509. The Morgan fingerprint density at radius 2 is 1.46 bits per heavy atom. The van der Waals surface area contributed by atoms with E-state index in [1.54, 1.807) is 35.5 Å². The second-order valence-electron chi connectivity index (χ2n) is 10.3. The molecule has 3 aromatic rings. The molecule has 0 N–H and O–H groups in total. The average molecular weight is 512 g/mol. The summed E-state index contributed by atoms with van der Waals surface area (Å²) >= 11 is 0. The van der Waals surface area contributed by atoms with E-state index in [0.29, 0.717) is 12.6 Å². The number of hydrogen-bond acceptors (Lipinski definition) is 6. The van der Waals surface area contributed by atoms with Gasteiger partial charge in [-0.1, -0.05) is 6.07 Å². The van der Waals surface area contributed by atoms with Crippen molar-refractivity contribution in [1.82, 2.24) is 4.90 Å². The van der Waals surface area contributed by atoms with Crippen molar-refractivity contribution in [2.75, 3.05) is 69.8 Å². The zero-order valence-electron chi connectivity index (χ0n) is 23.7. The van der Waals surface area contributed by atoms with Crippen LogP contribution in [0.25, 0.3) is 21.5 Å². The third-order valence-corrected chi connectivity index (χ3v) is 7.32. The van der Waals surface area contributed by atoms with Gasteiger partial charge in [0, 0.05) is 39.0 Å². The van der Waals surface area contributed by atoms with Gasteiger partial charge < -0.3 is 28.3 Å². The van der Waals surface area contributed by atoms with Crippen molar-refractivity contribution < 1.29 is 28.2 Å². The highest BCUT2D eigenvalue weighted by Gasteiger charge is 2.46. The maximum absolute atomic E-state index is 11.6. The van der Waals surface area contributed by atoms with Crippen molar-refractivity contribution in [3.8, 4) is 17.2 Å². The monoisotopic (exact) mass is 511 g/mol. The van der Waals surface area contributed by atoms with E-state index >= 15 is 0 Å². The van der Waals surface area contributed by atoms with Gasteiger partial charge in [-0.25, -0.2) is 0 Å². The smallest absolute Gasteiger partial charge is 0.174 e. The highest BCUT2D eigenvalue weighted by Crippen LogP contribution is 2.46. The maximum atomic E-state index is 11.6. The predicted molar refractivity (Wildman–Crippen MR) is 150 cm³/mol. The number of quaternary nitrogens is 1. The van der Waals surface area contributed by atoms with Gasteiger partial charge in [0.2, 0.25) is 0 Å². The summed E-state index contributed by atoms with van der Waals surface area (Å²) in [6.07, 6.45) is 4.47. The number of ether oxygens (including phenoxy) is 4. The first-order chi connectivity index (χ1) is 17.8. The summed E-state index contributed by atoms with van der Waals surface area (Å²) in [5.74, 6) is 2.34. The summed E-state index contributed by atoms with van der Waals surface area (Å²) in [6.45, 7) is 2.56. The van der Waals surface area contributed by atoms with Crippen LogP contribution >= 0.6 is 0 Å². The molecule has 0 aliphatic carbocycles. The molecule has 7 nitrogen and oxygen atoms in total. The van der Waals surface area contributed by atoms with E-state index in [-0.39, 0.29) is 0 Å². The van der Waals surface area contributed by atoms with Crippen molar-refractivity contribution in [2.45, 2.75) is 31.8 Å². The number of aldehydes is 1. The zero-order chi connectivity index (χ0) is 27.2. The van der Waals surface area contributed by atoms with Crippen molar-refractivity contribution >= 4 is 27.8 Å². The molecule has 0 bridgehead atoms. The van der Waals surface area contributed by atoms with Crippen molar-refractivity contribution in [3.63, 3.8) is 0 Å². The zero-order valence-corrected chi connectivity index (χ0v) is 23.7. The molecule has 0 radical (unpaired) electrons. The SMILES string of the molecule is CN(C)C.COC.COc1ccc2c(c1)c1c(c3cc(OC)c(OC)cc32)C[N+]2(CC=O)CCCC2C1. The predicted octanol–water partition coefficient (Wildman–Crippen LogP) is 4.69. The Morgan fingerprint density at radius 3 is 2.03 bits per heavy atom. The van der Waals surface area contributed by atoms with Gasteiger partial charge in [0.1, 0.15) is 18.8 Å². The molecule has 2 aliphatic rings. The summed E-state index contributed by atoms with van der Waals surface area (Å²) in [6, 6.07) is 11.1. The van der Waals surface area contributed by atoms with Crippen LogP contribution in [0.4, 0.5) is 0 Å². The molecule has 0 spiro atoms. The lowest BCUT2D eigenvalue weighted by Gasteiger charge is -2.43. The van der Waals surface area contributed by atoms with Crippen LogP contribution in [0.1, 0.15) is 24.0 Å². The van der Waals surface area contributed by atoms with Crippen molar-refractivity contribution in [2.24, 2.45) is 0 Å². The molecule has 2 heterocycles. The van der Waals surface area contributed by atoms with Gasteiger partial charge in [0.15, 0.2) is 17.8 Å². The lowest BCUT2D eigenvalue weighted by Crippen LogP contribution is -2.55. The van der Waals surface area contributed by atoms with Gasteiger partial charge in [0.25, 0.3) is 0 Å². The second-order valence-corrected chi connectivity index (χ2v) is 10.3. The van der Waals surface area contributed by atoms with E-state index in [0.717, 1.165) is 52.9 Å². The molecule has 0 saturated carbocycles. The summed E-state index contributed by atoms with van der Waals surface area (Å²) in [5.41, 5.74) is 2.74. The Morgan fingerprint density at radius 1 is 0.865 bits per heavy atom. The molecule has 1 saturated heterocycles. The van der Waals surface area contributed by atoms with Gasteiger partial charge >= 0.3 is 0 Å². The first kappa shape index (κ1) is 28.7. The van der Waals surface area contributed by atoms with Gasteiger partial charge in [-0.3, -0.25) is 4.79 Å². The van der Waals surface area contributed by atoms with Crippen molar-refractivity contribution in [3.05, 3.63) is 41.5 Å². The molecule has 3 aromatic carbocycles. The number of fused-ring (bicyclic) bond motifs is 7. The number of hydrogen-bond donors (Lipinski definition) is 0. The van der Waals surface area contributed by atoms with Crippen LogP contribution in [0, 0.1) is 0 Å². The van der Waals surface area contributed by atoms with Crippen LogP contribution < -0.4 is 14.2 Å². The highest BCUT2D eigenvalue weighted by molar-refractivity contribution is 6.12. The van der Waals surface area contributed by atoms with Crippen LogP contribution in [0.3, 0.4) is 0 Å². The van der Waals surface area contributed by atoms with Crippen LogP contribution in [0.15, 0.2) is 30.3 Å². The highest BCUT2D eigenvalue weighted by atomic mass is 16.5. The molecule has 202 valence electrons. The van der Waals surface area contributed by atoms with E-state index in [2.05, 4.69) is 29.0 Å². The third-order valence-electron chi connectivity index (χ3n) is 7.32. The Hall–Kier alpha value is -2.87. The van der Waals surface area contributed by atoms with E-state index in [4.69, 9.17) is 14.2 Å². The van der Waals surface area contributed by atoms with Gasteiger partial charge in [-0.05, 0) is 72.5 Å². The molecule has 2 aliphatic heterocycles. The summed E-state index contributed by atoms with van der Waals surface area (Å²) < 4.78 is 21.9. The minimum atomic E-state index is 0.509. The fourth-order valence-corrected chi connectivity index (χ4v) is 5.83. The van der Waals surface area contributed by atoms with Crippen LogP contribution in [-0.4, -0.2) is 91.5 Å². The standard InChI is InChI=1S/C25H28NO4.C3H9N.C2H6O/c1-28-17-6-7-18-20(12-17)19-11-16-5-4-8-26(16,9-10-27)15-23(19)22-14-25(30-3)24(29-2)13-21(18)22;1-4(2)3;1-3-2/h6-7,10,12-14,16H,4-5,8-9,11,15H2,1-3H3;1-3H3;1-2H3/q+1;;. The molecule has 37 heavy (non-hydrogen) atoms. The van der Waals surface area contributed by atoms with E-state index in [1.807, 2.05) is 32.1 Å². The number of benzene rings is 3. The number of carbonyl (C=O) groups excluding carboxylic acids is 1. The first-order valence-electron chi connectivity index (χ1n) is 12.8. The number of carbonyl (C=O) groups is 1. The van der Waals surface area contributed by atoms with E-state index in [1.165, 1.54) is 40.1 Å². The van der Waals surface area contributed by atoms with Gasteiger partial charge in [-0.2, -0.15) is 0 Å². The summed E-state index contributed by atoms with van der Waals surface area (Å²) in [7, 11) is 14.3. The quantitative estimate of drug-likeness (QED) is 0.281. The molecule has 2 atom stereocenters. The lowest BCUT2D eigenvalue weighted by molar-refractivity contribution is -0.946. The molecule has 5 rings (SSSR count). The average Bonchev–Trinajstić information content (AvgIpc) is 3.29. The third kappa shape index (κ3) is 5.84. The molecule has 7 heteroatoms. The van der Waals surface area contributed by atoms with Gasteiger partial charge in [-0.15, -0.1) is 0 Å². The lowest BCUT2D eigenvalue weighted by atomic mass is 9.84. The fourth-order valence-electron chi connectivity index (χ4n) is 5.83. The first-order valence-corrected chi connectivity index (χ1v) is 12.8. The Bertz CT molecular complexity index is 1220. The Kier molecular flexibility index (Phi) is 9.76. The largest absolute Gasteiger partial charge is 0.497 e. The second kappa shape index (κ2) is 12.6. The van der Waals surface area contributed by atoms with Gasteiger partial charge in [0.05, 0.1) is 33.9 Å². The summed E-state index contributed by atoms with van der Waals surface area (Å²) in [5, 5.41) is 4.82. The Labute approximate surface area is 221 Å². The van der Waals surface area contributed by atoms with Crippen LogP contribution in [0.2, 0.25) is 0 Å².